The lowest BCUT2D eigenvalue weighted by molar-refractivity contribution is -0.939. The van der Waals surface area contributed by atoms with Crippen LogP contribution in [-0.4, -0.2) is 64.8 Å². The van der Waals surface area contributed by atoms with Crippen LogP contribution in [0.2, 0.25) is 0 Å². The Kier molecular flexibility index (Phi) is 6.21. The molecule has 3 aliphatic heterocycles. The minimum absolute atomic E-state index is 0.0479. The molecule has 0 spiro atoms. The minimum atomic E-state index is -2.91. The summed E-state index contributed by atoms with van der Waals surface area (Å²) in [5.41, 5.74) is -2.10. The lowest BCUT2D eigenvalue weighted by atomic mass is 9.82. The van der Waals surface area contributed by atoms with Gasteiger partial charge in [0.2, 0.25) is 5.92 Å². The van der Waals surface area contributed by atoms with Crippen LogP contribution >= 0.6 is 11.3 Å². The van der Waals surface area contributed by atoms with Crippen LogP contribution in [-0.2, 0) is 19.9 Å². The van der Waals surface area contributed by atoms with Crippen LogP contribution < -0.4 is 5.32 Å². The normalized spacial score (nSPS) is 31.1. The summed E-state index contributed by atoms with van der Waals surface area (Å²) in [6.07, 6.45) is 0.227. The molecule has 11 heteroatoms. The number of esters is 1. The number of thiophene rings is 1. The number of hydrogen-bond donors (Lipinski definition) is 2. The van der Waals surface area contributed by atoms with Gasteiger partial charge in [-0.25, -0.2) is 13.6 Å². The number of hydrogen-bond acceptors (Lipinski definition) is 7. The van der Waals surface area contributed by atoms with Crippen molar-refractivity contribution in [2.45, 2.75) is 56.7 Å². The van der Waals surface area contributed by atoms with E-state index < -0.39 is 35.9 Å². The van der Waals surface area contributed by atoms with Crippen molar-refractivity contribution in [3.05, 3.63) is 34.2 Å². The van der Waals surface area contributed by atoms with E-state index in [1.807, 2.05) is 0 Å². The topological polar surface area (TPSA) is 102 Å². The molecule has 5 heterocycles. The number of anilines is 1. The number of carbonyl (C=O) groups excluding carboxylic acids is 2. The van der Waals surface area contributed by atoms with Gasteiger partial charge in [0.15, 0.2) is 24.1 Å². The van der Waals surface area contributed by atoms with Gasteiger partial charge < -0.3 is 24.2 Å². The molecule has 190 valence electrons. The molecule has 8 nitrogen and oxygen atoms in total. The number of aromatic nitrogens is 1. The van der Waals surface area contributed by atoms with Crippen LogP contribution in [0.5, 0.6) is 0 Å². The minimum Gasteiger partial charge on any atom is -0.454 e. The van der Waals surface area contributed by atoms with E-state index in [1.165, 1.54) is 11.3 Å². The molecule has 0 aromatic carbocycles. The van der Waals surface area contributed by atoms with Crippen LogP contribution in [0.15, 0.2) is 28.1 Å². The second kappa shape index (κ2) is 8.94. The summed E-state index contributed by atoms with van der Waals surface area (Å²) in [5, 5.41) is 19.8. The van der Waals surface area contributed by atoms with Gasteiger partial charge in [0, 0.05) is 48.5 Å². The summed E-state index contributed by atoms with van der Waals surface area (Å²) in [6, 6.07) is 4.93. The molecule has 6 rings (SSSR count). The summed E-state index contributed by atoms with van der Waals surface area (Å²) in [7, 11) is 0. The summed E-state index contributed by atoms with van der Waals surface area (Å²) in [4.78, 5) is 26.5. The standard InChI is InChI=1S/C24H29F2N3O5S/c1-15-11-20(28-34-15)27-21(30)14-29-8-5-16(6-9-29)18(13-29)33-22(31)24(32,19-3-2-10-35-19)17-4-7-23(25,26)12-17/h2-3,10-11,16-18,32H,4-9,12-14H2,1H3/p+1/t16?,17?,18-,24?,29?/m0/s1. The number of piperidine rings is 3. The van der Waals surface area contributed by atoms with E-state index in [0.717, 1.165) is 25.9 Å². The summed E-state index contributed by atoms with van der Waals surface area (Å²) in [5.74, 6) is -3.81. The average Bonchev–Trinajstić information content (AvgIpc) is 3.55. The van der Waals surface area contributed by atoms with Crippen molar-refractivity contribution >= 4 is 29.0 Å². The van der Waals surface area contributed by atoms with Gasteiger partial charge in [-0.3, -0.25) is 4.79 Å². The summed E-state index contributed by atoms with van der Waals surface area (Å²) < 4.78 is 39.4. The summed E-state index contributed by atoms with van der Waals surface area (Å²) >= 11 is 1.17. The van der Waals surface area contributed by atoms with Gasteiger partial charge in [-0.2, -0.15) is 0 Å². The molecule has 4 fully saturated rings. The second-order valence-corrected chi connectivity index (χ2v) is 11.3. The molecular weight excluding hydrogens is 480 g/mol. The highest BCUT2D eigenvalue weighted by Gasteiger charge is 2.57. The van der Waals surface area contributed by atoms with Crippen molar-refractivity contribution in [1.82, 2.24) is 5.16 Å². The number of aryl methyl sites for hydroxylation is 1. The molecule has 0 radical (unpaired) electrons. The molecule has 35 heavy (non-hydrogen) atoms. The first-order valence-electron chi connectivity index (χ1n) is 12.0. The Bertz CT molecular complexity index is 1080. The molecule has 2 aromatic heterocycles. The fraction of sp³-hybridized carbons (Fsp3) is 0.625. The molecule has 3 atom stereocenters. The maximum atomic E-state index is 14.0. The molecule has 2 bridgehead atoms. The Morgan fingerprint density at radius 2 is 2.14 bits per heavy atom. The molecular formula is C24H30F2N3O5S+. The highest BCUT2D eigenvalue weighted by molar-refractivity contribution is 7.10. The number of halogens is 2. The first-order chi connectivity index (χ1) is 16.6. The molecule has 1 amide bonds. The van der Waals surface area contributed by atoms with Gasteiger partial charge in [0.05, 0.1) is 13.1 Å². The average molecular weight is 511 g/mol. The number of fused-ring (bicyclic) bond motifs is 3. The van der Waals surface area contributed by atoms with Gasteiger partial charge in [-0.1, -0.05) is 11.2 Å². The second-order valence-electron chi connectivity index (χ2n) is 10.3. The van der Waals surface area contributed by atoms with Gasteiger partial charge in [0.1, 0.15) is 12.3 Å². The number of alkyl halides is 2. The predicted octanol–water partition coefficient (Wildman–Crippen LogP) is 3.46. The Hall–Kier alpha value is -2.37. The van der Waals surface area contributed by atoms with Crippen LogP contribution in [0.25, 0.3) is 0 Å². The highest BCUT2D eigenvalue weighted by atomic mass is 32.1. The molecule has 1 saturated carbocycles. The zero-order chi connectivity index (χ0) is 24.8. The predicted molar refractivity (Wildman–Crippen MR) is 123 cm³/mol. The largest absolute Gasteiger partial charge is 0.454 e. The Labute approximate surface area is 205 Å². The van der Waals surface area contributed by atoms with E-state index in [9.17, 15) is 23.5 Å². The highest BCUT2D eigenvalue weighted by Crippen LogP contribution is 2.49. The fourth-order valence-corrected chi connectivity index (χ4v) is 6.88. The van der Waals surface area contributed by atoms with Crippen molar-refractivity contribution < 1.29 is 37.2 Å². The number of rotatable bonds is 7. The van der Waals surface area contributed by atoms with E-state index >= 15 is 0 Å². The van der Waals surface area contributed by atoms with Crippen molar-refractivity contribution in [3.8, 4) is 0 Å². The Balaban J connectivity index is 1.30. The number of carbonyl (C=O) groups is 2. The number of nitrogens with one attached hydrogen (secondary N) is 1. The fourth-order valence-electron chi connectivity index (χ4n) is 5.99. The number of amides is 1. The van der Waals surface area contributed by atoms with Crippen LogP contribution in [0.1, 0.15) is 42.7 Å². The molecule has 2 unspecified atom stereocenters. The molecule has 2 N–H and O–H groups in total. The van der Waals surface area contributed by atoms with E-state index in [1.54, 1.807) is 30.5 Å². The van der Waals surface area contributed by atoms with Gasteiger partial charge in [-0.15, -0.1) is 11.3 Å². The van der Waals surface area contributed by atoms with Crippen molar-refractivity contribution in [3.63, 3.8) is 0 Å². The van der Waals surface area contributed by atoms with Crippen molar-refractivity contribution in [1.29, 1.82) is 0 Å². The van der Waals surface area contributed by atoms with E-state index in [2.05, 4.69) is 10.5 Å². The zero-order valence-corrected chi connectivity index (χ0v) is 20.4. The number of nitrogens with zero attached hydrogens (tertiary/aromatic N) is 2. The molecule has 4 aliphatic rings. The molecule has 3 saturated heterocycles. The lowest BCUT2D eigenvalue weighted by Gasteiger charge is -2.51. The third-order valence-electron chi connectivity index (χ3n) is 7.88. The van der Waals surface area contributed by atoms with Crippen LogP contribution in [0.3, 0.4) is 0 Å². The molecule has 1 aliphatic carbocycles. The quantitative estimate of drug-likeness (QED) is 0.437. The zero-order valence-electron chi connectivity index (χ0n) is 19.5. The summed E-state index contributed by atoms with van der Waals surface area (Å²) in [6.45, 7) is 3.96. The maximum absolute atomic E-state index is 14.0. The maximum Gasteiger partial charge on any atom is 0.344 e. The Morgan fingerprint density at radius 3 is 2.74 bits per heavy atom. The van der Waals surface area contributed by atoms with Gasteiger partial charge in [0.25, 0.3) is 5.91 Å². The molecule has 2 aromatic rings. The van der Waals surface area contributed by atoms with Gasteiger partial charge >= 0.3 is 5.97 Å². The third kappa shape index (κ3) is 4.73. The number of ether oxygens (including phenoxy) is 1. The monoisotopic (exact) mass is 510 g/mol. The van der Waals surface area contributed by atoms with E-state index in [-0.39, 0.29) is 31.2 Å². The first-order valence-corrected chi connectivity index (χ1v) is 12.9. The van der Waals surface area contributed by atoms with Gasteiger partial charge in [-0.05, 0) is 24.8 Å². The third-order valence-corrected chi connectivity index (χ3v) is 8.87. The Morgan fingerprint density at radius 1 is 1.37 bits per heavy atom. The van der Waals surface area contributed by atoms with Crippen molar-refractivity contribution in [2.24, 2.45) is 11.8 Å². The number of aliphatic hydroxyl groups is 1. The smallest absolute Gasteiger partial charge is 0.344 e. The first kappa shape index (κ1) is 24.3. The van der Waals surface area contributed by atoms with Crippen LogP contribution in [0.4, 0.5) is 14.6 Å². The van der Waals surface area contributed by atoms with Crippen molar-refractivity contribution in [2.75, 3.05) is 31.5 Å². The van der Waals surface area contributed by atoms with E-state index in [0.29, 0.717) is 27.5 Å². The lowest BCUT2D eigenvalue weighted by Crippen LogP contribution is -2.66. The van der Waals surface area contributed by atoms with E-state index in [4.69, 9.17) is 9.26 Å². The van der Waals surface area contributed by atoms with Crippen LogP contribution in [0, 0.1) is 18.8 Å². The SMILES string of the molecule is Cc1cc(NC(=O)C[N+]23CCC(CC2)[C@@H](OC(=O)C(O)(c2cccs2)C2CCC(F)(F)C2)C3)no1. The number of quaternary nitrogens is 1.